The minimum absolute atomic E-state index is 0.0392. The average molecular weight is 303 g/mol. The Labute approximate surface area is 130 Å². The molecule has 0 spiro atoms. The molecule has 1 amide bonds. The van der Waals surface area contributed by atoms with E-state index < -0.39 is 5.41 Å². The van der Waals surface area contributed by atoms with Crippen LogP contribution in [0.15, 0.2) is 48.5 Å². The van der Waals surface area contributed by atoms with E-state index in [0.717, 1.165) is 5.56 Å². The van der Waals surface area contributed by atoms with Gasteiger partial charge in [0.2, 0.25) is 5.91 Å². The van der Waals surface area contributed by atoms with Crippen molar-refractivity contribution in [2.75, 3.05) is 17.7 Å². The van der Waals surface area contributed by atoms with Crippen LogP contribution < -0.4 is 10.6 Å². The Kier molecular flexibility index (Phi) is 4.24. The van der Waals surface area contributed by atoms with Crippen molar-refractivity contribution in [3.63, 3.8) is 0 Å². The first kappa shape index (κ1) is 15.4. The summed E-state index contributed by atoms with van der Waals surface area (Å²) in [4.78, 5) is 14.4. The van der Waals surface area contributed by atoms with Crippen LogP contribution in [0.4, 0.5) is 11.4 Å². The van der Waals surface area contributed by atoms with Crippen LogP contribution in [-0.2, 0) is 10.2 Å². The van der Waals surface area contributed by atoms with Crippen molar-refractivity contribution >= 4 is 28.9 Å². The summed E-state index contributed by atoms with van der Waals surface area (Å²) < 4.78 is 0. The van der Waals surface area contributed by atoms with Crippen LogP contribution in [0.2, 0.25) is 5.02 Å². The molecule has 0 aromatic heterocycles. The summed E-state index contributed by atoms with van der Waals surface area (Å²) in [5.41, 5.74) is 7.42. The molecule has 0 heterocycles. The summed E-state index contributed by atoms with van der Waals surface area (Å²) in [7, 11) is 1.72. The topological polar surface area (TPSA) is 46.3 Å². The summed E-state index contributed by atoms with van der Waals surface area (Å²) >= 11 is 6.00. The number of anilines is 2. The summed E-state index contributed by atoms with van der Waals surface area (Å²) in [5.74, 6) is -0.0392. The number of halogens is 1. The van der Waals surface area contributed by atoms with Gasteiger partial charge in [-0.25, -0.2) is 0 Å². The highest BCUT2D eigenvalue weighted by molar-refractivity contribution is 6.31. The van der Waals surface area contributed by atoms with Gasteiger partial charge in [-0.3, -0.25) is 4.79 Å². The second-order valence-electron chi connectivity index (χ2n) is 5.56. The first-order valence-electron chi connectivity index (χ1n) is 6.72. The first-order valence-corrected chi connectivity index (χ1v) is 7.10. The van der Waals surface area contributed by atoms with Gasteiger partial charge in [-0.05, 0) is 37.6 Å². The predicted octanol–water partition coefficient (Wildman–Crippen LogP) is 3.86. The molecule has 0 bridgehead atoms. The second-order valence-corrected chi connectivity index (χ2v) is 5.99. The Morgan fingerprint density at radius 2 is 1.76 bits per heavy atom. The minimum Gasteiger partial charge on any atom is -0.397 e. The van der Waals surface area contributed by atoms with Gasteiger partial charge in [0, 0.05) is 12.1 Å². The van der Waals surface area contributed by atoms with Gasteiger partial charge in [-0.2, -0.15) is 0 Å². The zero-order chi connectivity index (χ0) is 15.6. The summed E-state index contributed by atoms with van der Waals surface area (Å²) in [5, 5.41) is 0.552. The molecule has 4 heteroatoms. The average Bonchev–Trinajstić information content (AvgIpc) is 2.49. The van der Waals surface area contributed by atoms with Gasteiger partial charge in [0.05, 0.1) is 16.8 Å². The normalized spacial score (nSPS) is 11.2. The van der Waals surface area contributed by atoms with Gasteiger partial charge in [0.25, 0.3) is 0 Å². The van der Waals surface area contributed by atoms with Crippen molar-refractivity contribution in [3.05, 3.63) is 59.1 Å². The number of amides is 1. The maximum atomic E-state index is 12.9. The van der Waals surface area contributed by atoms with Crippen LogP contribution in [0.5, 0.6) is 0 Å². The van der Waals surface area contributed by atoms with Gasteiger partial charge >= 0.3 is 0 Å². The fourth-order valence-corrected chi connectivity index (χ4v) is 2.48. The number of hydrogen-bond donors (Lipinski definition) is 1. The highest BCUT2D eigenvalue weighted by atomic mass is 35.5. The maximum absolute atomic E-state index is 12.9. The van der Waals surface area contributed by atoms with E-state index in [1.165, 1.54) is 0 Å². The Balaban J connectivity index is 2.37. The number of carbonyl (C=O) groups excluding carboxylic acids is 1. The number of nitrogens with two attached hydrogens (primary N) is 1. The van der Waals surface area contributed by atoms with Gasteiger partial charge < -0.3 is 10.6 Å². The molecule has 0 atom stereocenters. The van der Waals surface area contributed by atoms with Gasteiger partial charge in [-0.15, -0.1) is 0 Å². The number of benzene rings is 2. The van der Waals surface area contributed by atoms with Gasteiger partial charge in [0.1, 0.15) is 0 Å². The highest BCUT2D eigenvalue weighted by Gasteiger charge is 2.33. The lowest BCUT2D eigenvalue weighted by Gasteiger charge is -2.30. The zero-order valence-electron chi connectivity index (χ0n) is 12.4. The Morgan fingerprint density at radius 3 is 2.38 bits per heavy atom. The van der Waals surface area contributed by atoms with E-state index in [9.17, 15) is 4.79 Å². The molecule has 0 saturated heterocycles. The monoisotopic (exact) mass is 302 g/mol. The largest absolute Gasteiger partial charge is 0.397 e. The van der Waals surface area contributed by atoms with Crippen LogP contribution >= 0.6 is 11.6 Å². The standard InChI is InChI=1S/C17H19ClN2O/c1-17(2,12-7-5-4-6-8-12)16(21)20(3)15-11-13(18)9-10-14(15)19/h4-11H,19H2,1-3H3. The van der Waals surface area contributed by atoms with Crippen LogP contribution in [0.25, 0.3) is 0 Å². The fraction of sp³-hybridized carbons (Fsp3) is 0.235. The molecule has 110 valence electrons. The number of carbonyl (C=O) groups is 1. The minimum atomic E-state index is -0.648. The van der Waals surface area contributed by atoms with Crippen molar-refractivity contribution in [1.82, 2.24) is 0 Å². The molecule has 0 aliphatic carbocycles. The number of rotatable bonds is 3. The molecule has 2 N–H and O–H groups in total. The molecule has 2 rings (SSSR count). The lowest BCUT2D eigenvalue weighted by Crippen LogP contribution is -2.41. The van der Waals surface area contributed by atoms with Crippen molar-refractivity contribution in [1.29, 1.82) is 0 Å². The van der Waals surface area contributed by atoms with Crippen molar-refractivity contribution < 1.29 is 4.79 Å². The quantitative estimate of drug-likeness (QED) is 0.875. The Bertz CT molecular complexity index is 653. The lowest BCUT2D eigenvalue weighted by molar-refractivity contribution is -0.122. The smallest absolute Gasteiger partial charge is 0.236 e. The Morgan fingerprint density at radius 1 is 1.14 bits per heavy atom. The van der Waals surface area contributed by atoms with E-state index in [1.807, 2.05) is 44.2 Å². The third kappa shape index (κ3) is 3.03. The summed E-state index contributed by atoms with van der Waals surface area (Å²) in [6.45, 7) is 3.81. The molecule has 2 aromatic carbocycles. The SMILES string of the molecule is CN(C(=O)C(C)(C)c1ccccc1)c1cc(Cl)ccc1N. The van der Waals surface area contributed by atoms with E-state index in [0.29, 0.717) is 16.4 Å². The summed E-state index contributed by atoms with van der Waals surface area (Å²) in [6, 6.07) is 14.8. The Hall–Kier alpha value is -2.00. The van der Waals surface area contributed by atoms with Crippen LogP contribution in [-0.4, -0.2) is 13.0 Å². The van der Waals surface area contributed by atoms with Crippen molar-refractivity contribution in [2.24, 2.45) is 0 Å². The van der Waals surface area contributed by atoms with Crippen LogP contribution in [0.1, 0.15) is 19.4 Å². The highest BCUT2D eigenvalue weighted by Crippen LogP contribution is 2.31. The number of nitrogen functional groups attached to an aromatic ring is 1. The number of nitrogens with zero attached hydrogens (tertiary/aromatic N) is 1. The van der Waals surface area contributed by atoms with Crippen molar-refractivity contribution in [3.8, 4) is 0 Å². The number of hydrogen-bond acceptors (Lipinski definition) is 2. The first-order chi connectivity index (χ1) is 9.84. The van der Waals surface area contributed by atoms with E-state index >= 15 is 0 Å². The molecular formula is C17H19ClN2O. The van der Waals surface area contributed by atoms with E-state index in [-0.39, 0.29) is 5.91 Å². The molecule has 0 radical (unpaired) electrons. The molecular weight excluding hydrogens is 284 g/mol. The number of likely N-dealkylation sites (N-methyl/N-ethyl adjacent to an activating group) is 1. The van der Waals surface area contributed by atoms with E-state index in [1.54, 1.807) is 30.1 Å². The fourth-order valence-electron chi connectivity index (χ4n) is 2.31. The predicted molar refractivity (Wildman–Crippen MR) is 88.7 cm³/mol. The van der Waals surface area contributed by atoms with Gasteiger partial charge in [0.15, 0.2) is 0 Å². The second kappa shape index (κ2) is 5.78. The third-order valence-electron chi connectivity index (χ3n) is 3.69. The molecule has 0 fully saturated rings. The third-order valence-corrected chi connectivity index (χ3v) is 3.92. The maximum Gasteiger partial charge on any atom is 0.236 e. The summed E-state index contributed by atoms with van der Waals surface area (Å²) in [6.07, 6.45) is 0. The zero-order valence-corrected chi connectivity index (χ0v) is 13.2. The molecule has 0 aliphatic rings. The molecule has 0 aliphatic heterocycles. The molecule has 21 heavy (non-hydrogen) atoms. The van der Waals surface area contributed by atoms with E-state index in [2.05, 4.69) is 0 Å². The molecule has 0 unspecified atom stereocenters. The molecule has 2 aromatic rings. The van der Waals surface area contributed by atoms with Crippen LogP contribution in [0.3, 0.4) is 0 Å². The van der Waals surface area contributed by atoms with Crippen LogP contribution in [0, 0.1) is 0 Å². The lowest BCUT2D eigenvalue weighted by atomic mass is 9.83. The van der Waals surface area contributed by atoms with Gasteiger partial charge in [-0.1, -0.05) is 41.9 Å². The molecule has 0 saturated carbocycles. The van der Waals surface area contributed by atoms with E-state index in [4.69, 9.17) is 17.3 Å². The van der Waals surface area contributed by atoms with Crippen molar-refractivity contribution in [2.45, 2.75) is 19.3 Å². The molecule has 3 nitrogen and oxygen atoms in total.